The minimum atomic E-state index is -4.13. The molecule has 18 heavy (non-hydrogen) atoms. The number of nitrogens with zero attached hydrogens (tertiary/aromatic N) is 2. The standard InChI is InChI=1S/C11H20F3N3O/c1-2-9(6-10(15)16-18)17-5-3-4-8(7-17)11(12,13)14/h8-9,18H,2-7H2,1H3,(H2,15,16). The maximum atomic E-state index is 12.7. The van der Waals surface area contributed by atoms with Crippen LogP contribution in [0.2, 0.25) is 0 Å². The number of rotatable bonds is 4. The highest BCUT2D eigenvalue weighted by atomic mass is 19.4. The van der Waals surface area contributed by atoms with Gasteiger partial charge >= 0.3 is 6.18 Å². The zero-order valence-electron chi connectivity index (χ0n) is 10.5. The highest BCUT2D eigenvalue weighted by Gasteiger charge is 2.42. The number of alkyl halides is 3. The Labute approximate surface area is 105 Å². The average Bonchev–Trinajstić information content (AvgIpc) is 2.34. The predicted molar refractivity (Wildman–Crippen MR) is 62.5 cm³/mol. The van der Waals surface area contributed by atoms with Gasteiger partial charge in [0.2, 0.25) is 0 Å². The van der Waals surface area contributed by atoms with Crippen molar-refractivity contribution in [1.82, 2.24) is 4.90 Å². The third-order valence-corrected chi connectivity index (χ3v) is 3.48. The Hall–Kier alpha value is -0.980. The first-order chi connectivity index (χ1) is 8.38. The summed E-state index contributed by atoms with van der Waals surface area (Å²) in [6, 6.07) is -0.0916. The predicted octanol–water partition coefficient (Wildman–Crippen LogP) is 2.18. The fourth-order valence-corrected chi connectivity index (χ4v) is 2.42. The Morgan fingerprint density at radius 2 is 2.22 bits per heavy atom. The molecule has 0 aliphatic carbocycles. The Bertz CT molecular complexity index is 294. The highest BCUT2D eigenvalue weighted by molar-refractivity contribution is 5.80. The van der Waals surface area contributed by atoms with Gasteiger partial charge in [0, 0.05) is 19.0 Å². The van der Waals surface area contributed by atoms with Gasteiger partial charge in [-0.25, -0.2) is 0 Å². The van der Waals surface area contributed by atoms with E-state index in [0.717, 1.165) is 0 Å². The molecule has 1 aliphatic heterocycles. The number of oxime groups is 1. The maximum absolute atomic E-state index is 12.7. The lowest BCUT2D eigenvalue weighted by Gasteiger charge is -2.38. The fourth-order valence-electron chi connectivity index (χ4n) is 2.42. The number of likely N-dealkylation sites (tertiary alicyclic amines) is 1. The summed E-state index contributed by atoms with van der Waals surface area (Å²) in [5.41, 5.74) is 5.43. The Balaban J connectivity index is 2.63. The summed E-state index contributed by atoms with van der Waals surface area (Å²) in [4.78, 5) is 1.81. The normalized spacial score (nSPS) is 25.1. The number of hydrogen-bond acceptors (Lipinski definition) is 3. The molecule has 4 nitrogen and oxygen atoms in total. The van der Waals surface area contributed by atoms with E-state index in [1.54, 1.807) is 4.90 Å². The smallest absolute Gasteiger partial charge is 0.393 e. The van der Waals surface area contributed by atoms with Crippen molar-refractivity contribution in [2.24, 2.45) is 16.8 Å². The van der Waals surface area contributed by atoms with Crippen LogP contribution in [-0.2, 0) is 0 Å². The fraction of sp³-hybridized carbons (Fsp3) is 0.909. The van der Waals surface area contributed by atoms with E-state index in [4.69, 9.17) is 10.9 Å². The van der Waals surface area contributed by atoms with Crippen LogP contribution in [0.4, 0.5) is 13.2 Å². The van der Waals surface area contributed by atoms with Crippen molar-refractivity contribution in [2.75, 3.05) is 13.1 Å². The van der Waals surface area contributed by atoms with Crippen molar-refractivity contribution >= 4 is 5.84 Å². The molecule has 2 atom stereocenters. The first-order valence-electron chi connectivity index (χ1n) is 6.15. The van der Waals surface area contributed by atoms with Crippen LogP contribution in [0.1, 0.15) is 32.6 Å². The third kappa shape index (κ3) is 4.04. The van der Waals surface area contributed by atoms with E-state index in [1.807, 2.05) is 6.92 Å². The SMILES string of the molecule is CCC(C/C(N)=N/O)N1CCCC(C(F)(F)F)C1. The summed E-state index contributed by atoms with van der Waals surface area (Å²) in [6.45, 7) is 2.55. The lowest BCUT2D eigenvalue weighted by molar-refractivity contribution is -0.188. The summed E-state index contributed by atoms with van der Waals surface area (Å²) >= 11 is 0. The van der Waals surface area contributed by atoms with Gasteiger partial charge in [0.1, 0.15) is 5.84 Å². The monoisotopic (exact) mass is 267 g/mol. The Morgan fingerprint density at radius 1 is 1.56 bits per heavy atom. The average molecular weight is 267 g/mol. The van der Waals surface area contributed by atoms with Gasteiger partial charge in [-0.2, -0.15) is 13.2 Å². The second-order valence-electron chi connectivity index (χ2n) is 4.73. The summed E-state index contributed by atoms with van der Waals surface area (Å²) < 4.78 is 38.1. The van der Waals surface area contributed by atoms with Gasteiger partial charge in [-0.05, 0) is 25.8 Å². The molecule has 0 aromatic heterocycles. The van der Waals surface area contributed by atoms with E-state index in [2.05, 4.69) is 5.16 Å². The summed E-state index contributed by atoms with van der Waals surface area (Å²) in [7, 11) is 0. The van der Waals surface area contributed by atoms with Gasteiger partial charge in [-0.1, -0.05) is 12.1 Å². The molecule has 0 bridgehead atoms. The van der Waals surface area contributed by atoms with Crippen molar-refractivity contribution in [1.29, 1.82) is 0 Å². The second-order valence-corrected chi connectivity index (χ2v) is 4.73. The number of nitrogens with two attached hydrogens (primary N) is 1. The first-order valence-corrected chi connectivity index (χ1v) is 6.15. The zero-order chi connectivity index (χ0) is 13.8. The van der Waals surface area contributed by atoms with E-state index in [9.17, 15) is 13.2 Å². The van der Waals surface area contributed by atoms with Crippen LogP contribution < -0.4 is 5.73 Å². The van der Waals surface area contributed by atoms with Crippen LogP contribution in [-0.4, -0.2) is 41.3 Å². The molecule has 0 amide bonds. The molecule has 1 aliphatic rings. The number of hydrogen-bond donors (Lipinski definition) is 2. The van der Waals surface area contributed by atoms with Gasteiger partial charge < -0.3 is 10.9 Å². The molecule has 0 saturated carbocycles. The van der Waals surface area contributed by atoms with Crippen LogP contribution in [0.3, 0.4) is 0 Å². The van der Waals surface area contributed by atoms with Crippen LogP contribution in [0, 0.1) is 5.92 Å². The Kier molecular flexibility index (Phi) is 5.25. The van der Waals surface area contributed by atoms with Crippen LogP contribution in [0.25, 0.3) is 0 Å². The molecule has 3 N–H and O–H groups in total. The largest absolute Gasteiger partial charge is 0.409 e. The molecular weight excluding hydrogens is 247 g/mol. The quantitative estimate of drug-likeness (QED) is 0.355. The van der Waals surface area contributed by atoms with E-state index in [0.29, 0.717) is 25.8 Å². The minimum absolute atomic E-state index is 0.0146. The second kappa shape index (κ2) is 6.26. The molecule has 1 heterocycles. The van der Waals surface area contributed by atoms with E-state index in [1.165, 1.54) is 0 Å². The zero-order valence-corrected chi connectivity index (χ0v) is 10.5. The topological polar surface area (TPSA) is 61.9 Å². The van der Waals surface area contributed by atoms with Gasteiger partial charge in [0.05, 0.1) is 5.92 Å². The van der Waals surface area contributed by atoms with E-state index < -0.39 is 12.1 Å². The lowest BCUT2D eigenvalue weighted by atomic mass is 9.95. The number of amidine groups is 1. The van der Waals surface area contributed by atoms with Crippen molar-refractivity contribution in [3.8, 4) is 0 Å². The molecule has 0 spiro atoms. The Morgan fingerprint density at radius 3 is 2.72 bits per heavy atom. The molecular formula is C11H20F3N3O. The molecule has 2 unspecified atom stereocenters. The highest BCUT2D eigenvalue weighted by Crippen LogP contribution is 2.34. The molecule has 1 rings (SSSR count). The van der Waals surface area contributed by atoms with Crippen molar-refractivity contribution < 1.29 is 18.4 Å². The van der Waals surface area contributed by atoms with Crippen molar-refractivity contribution in [3.05, 3.63) is 0 Å². The van der Waals surface area contributed by atoms with E-state index in [-0.39, 0.29) is 24.8 Å². The van der Waals surface area contributed by atoms with Crippen LogP contribution in [0.5, 0.6) is 0 Å². The maximum Gasteiger partial charge on any atom is 0.393 e. The van der Waals surface area contributed by atoms with Gasteiger partial charge in [-0.3, -0.25) is 4.90 Å². The molecule has 1 saturated heterocycles. The molecule has 106 valence electrons. The van der Waals surface area contributed by atoms with E-state index >= 15 is 0 Å². The molecule has 7 heteroatoms. The molecule has 1 fully saturated rings. The van der Waals surface area contributed by atoms with Crippen LogP contribution >= 0.6 is 0 Å². The van der Waals surface area contributed by atoms with Crippen LogP contribution in [0.15, 0.2) is 5.16 Å². The summed E-state index contributed by atoms with van der Waals surface area (Å²) in [6.07, 6.45) is -2.41. The molecule has 0 aromatic rings. The number of piperidine rings is 1. The lowest BCUT2D eigenvalue weighted by Crippen LogP contribution is -2.47. The number of halogens is 3. The summed E-state index contributed by atoms with van der Waals surface area (Å²) in [5, 5.41) is 11.4. The molecule has 0 aromatic carbocycles. The third-order valence-electron chi connectivity index (χ3n) is 3.48. The van der Waals surface area contributed by atoms with Gasteiger partial charge in [-0.15, -0.1) is 0 Å². The minimum Gasteiger partial charge on any atom is -0.409 e. The van der Waals surface area contributed by atoms with Crippen molar-refractivity contribution in [3.63, 3.8) is 0 Å². The molecule has 0 radical (unpaired) electrons. The van der Waals surface area contributed by atoms with Crippen molar-refractivity contribution in [2.45, 2.75) is 44.8 Å². The van der Waals surface area contributed by atoms with Gasteiger partial charge in [0.25, 0.3) is 0 Å². The first kappa shape index (κ1) is 15.1. The van der Waals surface area contributed by atoms with Gasteiger partial charge in [0.15, 0.2) is 0 Å². The summed E-state index contributed by atoms with van der Waals surface area (Å²) in [5.74, 6) is -1.19.